The minimum atomic E-state index is -3.75. The minimum absolute atomic E-state index is 0.0482. The fourth-order valence-corrected chi connectivity index (χ4v) is 5.12. The Morgan fingerprint density at radius 3 is 2.70 bits per heavy atom. The Morgan fingerprint density at radius 1 is 1.27 bits per heavy atom. The van der Waals surface area contributed by atoms with Crippen molar-refractivity contribution in [1.82, 2.24) is 20.0 Å². The molecular weight excluding hydrogens is 536 g/mol. The maximum atomic E-state index is 12.6. The highest BCUT2D eigenvalue weighted by atomic mass is 79.9. The van der Waals surface area contributed by atoms with Gasteiger partial charge in [0.15, 0.2) is 15.0 Å². The van der Waals surface area contributed by atoms with Gasteiger partial charge in [-0.25, -0.2) is 13.1 Å². The highest BCUT2D eigenvalue weighted by Gasteiger charge is 2.23. The van der Waals surface area contributed by atoms with E-state index >= 15 is 0 Å². The molecule has 0 N–H and O–H groups in total. The molecule has 0 bridgehead atoms. The Balaban J connectivity index is 1.71. The van der Waals surface area contributed by atoms with E-state index in [4.69, 9.17) is 0 Å². The van der Waals surface area contributed by atoms with Gasteiger partial charge in [0, 0.05) is 23.8 Å². The van der Waals surface area contributed by atoms with Crippen LogP contribution in [0.1, 0.15) is 5.69 Å². The van der Waals surface area contributed by atoms with Gasteiger partial charge in [-0.3, -0.25) is 14.9 Å². The number of hydrogen-bond donors (Lipinski definition) is 0. The third-order valence-electron chi connectivity index (χ3n) is 4.63. The molecule has 2 heterocycles. The lowest BCUT2D eigenvalue weighted by Crippen LogP contribution is -2.20. The lowest BCUT2D eigenvalue weighted by molar-refractivity contribution is -0.383. The van der Waals surface area contributed by atoms with Crippen LogP contribution in [0.2, 0.25) is 0 Å². The maximum Gasteiger partial charge on any atom is 0.288 e. The maximum absolute atomic E-state index is 12.6. The Hall–Kier alpha value is -3.23. The molecule has 14 heteroatoms. The first-order chi connectivity index (χ1) is 15.5. The van der Waals surface area contributed by atoms with E-state index in [0.717, 1.165) is 39.9 Å². The zero-order valence-corrected chi connectivity index (χ0v) is 20.4. The summed E-state index contributed by atoms with van der Waals surface area (Å²) in [7, 11) is -2.09. The van der Waals surface area contributed by atoms with Crippen molar-refractivity contribution in [3.8, 4) is 5.69 Å². The molecule has 0 unspecified atom stereocenters. The molecule has 0 saturated heterocycles. The quantitative estimate of drug-likeness (QED) is 0.261. The fraction of sp³-hybridized carbons (Fsp3) is 0.158. The second-order valence-corrected chi connectivity index (χ2v) is 11.0. The Morgan fingerprint density at radius 2 is 2.03 bits per heavy atom. The Bertz CT molecular complexity index is 1570. The number of sulfone groups is 1. The van der Waals surface area contributed by atoms with Crippen LogP contribution >= 0.6 is 27.3 Å². The van der Waals surface area contributed by atoms with Crippen molar-refractivity contribution < 1.29 is 13.3 Å². The van der Waals surface area contributed by atoms with Crippen LogP contribution in [0.15, 0.2) is 56.8 Å². The largest absolute Gasteiger partial charge is 0.345 e. The third kappa shape index (κ3) is 4.77. The summed E-state index contributed by atoms with van der Waals surface area (Å²) < 4.78 is 26.3. The van der Waals surface area contributed by atoms with E-state index in [-0.39, 0.29) is 26.7 Å². The number of nitro groups is 1. The summed E-state index contributed by atoms with van der Waals surface area (Å²) in [6, 6.07) is 9.58. The molecule has 0 amide bonds. The van der Waals surface area contributed by atoms with E-state index < -0.39 is 26.0 Å². The van der Waals surface area contributed by atoms with Gasteiger partial charge >= 0.3 is 0 Å². The van der Waals surface area contributed by atoms with Crippen molar-refractivity contribution >= 4 is 58.0 Å². The van der Waals surface area contributed by atoms with Gasteiger partial charge in [-0.05, 0) is 24.3 Å². The minimum Gasteiger partial charge on any atom is -0.345 e. The first-order valence-electron chi connectivity index (χ1n) is 9.24. The predicted molar refractivity (Wildman–Crippen MR) is 127 cm³/mol. The lowest BCUT2D eigenvalue weighted by Gasteiger charge is -2.15. The number of fused-ring (bicyclic) bond motifs is 1. The van der Waals surface area contributed by atoms with Gasteiger partial charge < -0.3 is 4.90 Å². The lowest BCUT2D eigenvalue weighted by atomic mass is 10.2. The van der Waals surface area contributed by atoms with Gasteiger partial charge in [-0.2, -0.15) is 4.98 Å². The van der Waals surface area contributed by atoms with Crippen LogP contribution in [-0.4, -0.2) is 46.6 Å². The molecule has 0 radical (unpaired) electrons. The highest BCUT2D eigenvalue weighted by molar-refractivity contribution is 9.10. The molecule has 0 spiro atoms. The molecule has 4 rings (SSSR count). The van der Waals surface area contributed by atoms with Crippen molar-refractivity contribution in [2.75, 3.05) is 18.2 Å². The molecule has 33 heavy (non-hydrogen) atoms. The summed E-state index contributed by atoms with van der Waals surface area (Å²) in [6.07, 6.45) is 2.64. The number of rotatable bonds is 6. The fourth-order valence-electron chi connectivity index (χ4n) is 3.05. The number of aromatic nitrogens is 4. The van der Waals surface area contributed by atoms with Gasteiger partial charge in [-0.15, -0.1) is 5.10 Å². The van der Waals surface area contributed by atoms with Crippen molar-refractivity contribution in [3.63, 3.8) is 0 Å². The molecule has 170 valence electrons. The highest BCUT2D eigenvalue weighted by Crippen LogP contribution is 2.34. The molecule has 4 aromatic rings. The van der Waals surface area contributed by atoms with E-state index in [1.165, 1.54) is 0 Å². The SMILES string of the molecule is CN(Cc1cn(-c2cccc(Br)c2)nn1)c1nc(=O)c2cc(S(C)(=O)=O)cc([N+](=O)[O-])c2s1. The second-order valence-electron chi connectivity index (χ2n) is 7.14. The van der Waals surface area contributed by atoms with Gasteiger partial charge in [0.25, 0.3) is 11.2 Å². The monoisotopic (exact) mass is 550 g/mol. The van der Waals surface area contributed by atoms with Gasteiger partial charge in [0.1, 0.15) is 10.4 Å². The summed E-state index contributed by atoms with van der Waals surface area (Å²) in [5.74, 6) is 0. The summed E-state index contributed by atoms with van der Waals surface area (Å²) >= 11 is 4.33. The average molecular weight is 551 g/mol. The van der Waals surface area contributed by atoms with Crippen molar-refractivity contribution in [2.45, 2.75) is 11.4 Å². The van der Waals surface area contributed by atoms with Crippen molar-refractivity contribution in [1.29, 1.82) is 0 Å². The third-order valence-corrected chi connectivity index (χ3v) is 7.43. The molecule has 0 atom stereocenters. The zero-order chi connectivity index (χ0) is 23.9. The molecule has 0 aliphatic carbocycles. The molecular formula is C19H15BrN6O5S2. The Labute approximate surface area is 199 Å². The number of anilines is 1. The number of nitro benzene ring substituents is 1. The van der Waals surface area contributed by atoms with Gasteiger partial charge in [0.2, 0.25) is 0 Å². The number of benzene rings is 2. The normalized spacial score (nSPS) is 11.6. The van der Waals surface area contributed by atoms with Crippen LogP contribution in [0.5, 0.6) is 0 Å². The Kier molecular flexibility index (Phi) is 5.99. The second kappa shape index (κ2) is 8.61. The van der Waals surface area contributed by atoms with Crippen LogP contribution in [0.25, 0.3) is 15.8 Å². The van der Waals surface area contributed by atoms with Crippen molar-refractivity contribution in [3.05, 3.63) is 73.2 Å². The topological polar surface area (TPSA) is 141 Å². The molecule has 0 fully saturated rings. The molecule has 2 aromatic heterocycles. The molecule has 0 aliphatic rings. The summed E-state index contributed by atoms with van der Waals surface area (Å²) in [4.78, 5) is 28.9. The first-order valence-corrected chi connectivity index (χ1v) is 12.7. The van der Waals surface area contributed by atoms with Crippen LogP contribution in [-0.2, 0) is 16.4 Å². The number of non-ortho nitro benzene ring substituents is 1. The van der Waals surface area contributed by atoms with E-state index in [2.05, 4.69) is 31.2 Å². The van der Waals surface area contributed by atoms with E-state index in [1.54, 1.807) is 22.8 Å². The van der Waals surface area contributed by atoms with Gasteiger partial charge in [0.05, 0.1) is 33.6 Å². The van der Waals surface area contributed by atoms with E-state index in [9.17, 15) is 23.3 Å². The number of hydrogen-bond acceptors (Lipinski definition) is 10. The number of halogens is 1. The van der Waals surface area contributed by atoms with Crippen LogP contribution in [0.4, 0.5) is 10.8 Å². The zero-order valence-electron chi connectivity index (χ0n) is 17.2. The van der Waals surface area contributed by atoms with Crippen molar-refractivity contribution in [2.24, 2.45) is 0 Å². The standard InChI is InChI=1S/C19H15BrN6O5S2/c1-24(9-12-10-25(23-22-12)13-5-3-4-11(20)6-13)19-21-18(27)15-7-14(33(2,30)31)8-16(26(28)29)17(15)32-19/h3-8,10H,9H2,1-2H3. The molecule has 2 aromatic carbocycles. The molecule has 11 nitrogen and oxygen atoms in total. The predicted octanol–water partition coefficient (Wildman–Crippen LogP) is 2.95. The average Bonchev–Trinajstić information content (AvgIpc) is 3.20. The van der Waals surface area contributed by atoms with E-state index in [1.807, 2.05) is 24.3 Å². The smallest absolute Gasteiger partial charge is 0.288 e. The van der Waals surface area contributed by atoms with Gasteiger partial charge in [-0.1, -0.05) is 38.5 Å². The van der Waals surface area contributed by atoms with E-state index in [0.29, 0.717) is 5.69 Å². The van der Waals surface area contributed by atoms with Crippen LogP contribution in [0, 0.1) is 10.1 Å². The molecule has 0 aliphatic heterocycles. The summed E-state index contributed by atoms with van der Waals surface area (Å²) in [6.45, 7) is 0.234. The van der Waals surface area contributed by atoms with Crippen LogP contribution in [0.3, 0.4) is 0 Å². The molecule has 0 saturated carbocycles. The first kappa shape index (κ1) is 22.9. The number of nitrogens with zero attached hydrogens (tertiary/aromatic N) is 6. The van der Waals surface area contributed by atoms with Crippen LogP contribution < -0.4 is 10.5 Å². The summed E-state index contributed by atoms with van der Waals surface area (Å²) in [5, 5.41) is 19.9. The summed E-state index contributed by atoms with van der Waals surface area (Å²) in [5.41, 5.74) is 0.169.